The van der Waals surface area contributed by atoms with Gasteiger partial charge in [-0.25, -0.2) is 4.98 Å². The van der Waals surface area contributed by atoms with Gasteiger partial charge in [0, 0.05) is 34.1 Å². The average Bonchev–Trinajstić information content (AvgIpc) is 3.06. The van der Waals surface area contributed by atoms with Gasteiger partial charge < -0.3 is 10.2 Å². The first-order valence-electron chi connectivity index (χ1n) is 6.56. The van der Waals surface area contributed by atoms with E-state index < -0.39 is 5.41 Å². The lowest BCUT2D eigenvalue weighted by Gasteiger charge is -2.30. The van der Waals surface area contributed by atoms with E-state index in [9.17, 15) is 10.2 Å². The number of benzene rings is 1. The topological polar surface area (TPSA) is 57.8 Å². The largest absolute Gasteiger partial charge is 0.395 e. The summed E-state index contributed by atoms with van der Waals surface area (Å²) in [6, 6.07) is 7.70. The summed E-state index contributed by atoms with van der Waals surface area (Å²) < 4.78 is 2.89. The Morgan fingerprint density at radius 3 is 2.76 bits per heavy atom. The number of halogens is 1. The number of hydrogen-bond donors (Lipinski definition) is 2. The molecule has 0 radical (unpaired) electrons. The van der Waals surface area contributed by atoms with Gasteiger partial charge in [-0.3, -0.25) is 4.40 Å². The van der Waals surface area contributed by atoms with E-state index in [-0.39, 0.29) is 13.2 Å². The first kappa shape index (κ1) is 14.7. The van der Waals surface area contributed by atoms with Crippen LogP contribution < -0.4 is 0 Å². The number of rotatable bonds is 5. The molecule has 6 heteroatoms. The van der Waals surface area contributed by atoms with Crippen molar-refractivity contribution in [3.63, 3.8) is 0 Å². The van der Waals surface area contributed by atoms with Crippen LogP contribution in [0.1, 0.15) is 11.3 Å². The van der Waals surface area contributed by atoms with E-state index >= 15 is 0 Å². The summed E-state index contributed by atoms with van der Waals surface area (Å²) in [7, 11) is 0. The van der Waals surface area contributed by atoms with Crippen molar-refractivity contribution >= 4 is 32.2 Å². The van der Waals surface area contributed by atoms with Crippen LogP contribution in [0, 0.1) is 0 Å². The molecule has 3 aromatic rings. The van der Waals surface area contributed by atoms with Crippen LogP contribution in [0.3, 0.4) is 0 Å². The van der Waals surface area contributed by atoms with E-state index in [4.69, 9.17) is 0 Å². The van der Waals surface area contributed by atoms with Gasteiger partial charge in [-0.05, 0) is 17.7 Å². The highest BCUT2D eigenvalue weighted by Gasteiger charge is 2.32. The third kappa shape index (κ3) is 2.76. The lowest BCUT2D eigenvalue weighted by molar-refractivity contribution is 0.115. The third-order valence-corrected chi connectivity index (χ3v) is 4.97. The van der Waals surface area contributed by atoms with E-state index in [2.05, 4.69) is 20.9 Å². The monoisotopic (exact) mass is 366 g/mol. The van der Waals surface area contributed by atoms with Gasteiger partial charge in [0.15, 0.2) is 4.96 Å². The number of imidazole rings is 1. The second-order valence-electron chi connectivity index (χ2n) is 5.11. The summed E-state index contributed by atoms with van der Waals surface area (Å²) >= 11 is 5.01. The van der Waals surface area contributed by atoms with Crippen molar-refractivity contribution in [3.8, 4) is 0 Å². The molecule has 3 rings (SSSR count). The van der Waals surface area contributed by atoms with Crippen molar-refractivity contribution < 1.29 is 10.2 Å². The first-order chi connectivity index (χ1) is 10.2. The second kappa shape index (κ2) is 5.88. The molecule has 0 amide bonds. The maximum absolute atomic E-state index is 9.90. The molecular weight excluding hydrogens is 352 g/mol. The Bertz CT molecular complexity index is 720. The van der Waals surface area contributed by atoms with Gasteiger partial charge in [-0.15, -0.1) is 11.3 Å². The van der Waals surface area contributed by atoms with Crippen LogP contribution in [0.4, 0.5) is 0 Å². The number of aliphatic hydroxyl groups is 2. The molecule has 0 unspecified atom stereocenters. The minimum absolute atomic E-state index is 0.134. The number of hydrogen-bond acceptors (Lipinski definition) is 4. The molecule has 110 valence electrons. The summed E-state index contributed by atoms with van der Waals surface area (Å²) in [4.78, 5) is 5.47. The highest BCUT2D eigenvalue weighted by atomic mass is 79.9. The van der Waals surface area contributed by atoms with Crippen LogP contribution in [-0.4, -0.2) is 32.8 Å². The summed E-state index contributed by atoms with van der Waals surface area (Å²) in [6.45, 7) is -0.268. The predicted octanol–water partition coefficient (Wildman–Crippen LogP) is 2.62. The van der Waals surface area contributed by atoms with E-state index in [1.807, 2.05) is 46.4 Å². The Morgan fingerprint density at radius 2 is 2.10 bits per heavy atom. The zero-order valence-corrected chi connectivity index (χ0v) is 13.6. The highest BCUT2D eigenvalue weighted by molar-refractivity contribution is 9.10. The van der Waals surface area contributed by atoms with E-state index in [0.29, 0.717) is 6.42 Å². The van der Waals surface area contributed by atoms with Crippen molar-refractivity contribution in [1.29, 1.82) is 0 Å². The molecular formula is C15H15BrN2O2S. The Hall–Kier alpha value is -1.21. The van der Waals surface area contributed by atoms with Crippen LogP contribution in [0.5, 0.6) is 0 Å². The Morgan fingerprint density at radius 1 is 1.29 bits per heavy atom. The summed E-state index contributed by atoms with van der Waals surface area (Å²) in [5, 5.41) is 21.8. The van der Waals surface area contributed by atoms with Gasteiger partial charge in [0.05, 0.1) is 18.9 Å². The van der Waals surface area contributed by atoms with Crippen LogP contribution in [0.2, 0.25) is 0 Å². The lowest BCUT2D eigenvalue weighted by Crippen LogP contribution is -2.37. The lowest BCUT2D eigenvalue weighted by atomic mass is 9.78. The van der Waals surface area contributed by atoms with Crippen molar-refractivity contribution in [2.75, 3.05) is 13.2 Å². The molecule has 0 aliphatic rings. The summed E-state index contributed by atoms with van der Waals surface area (Å²) in [5.41, 5.74) is 1.04. The maximum atomic E-state index is 9.90. The maximum Gasteiger partial charge on any atom is 0.193 e. The smallest absolute Gasteiger partial charge is 0.193 e. The molecule has 0 bridgehead atoms. The summed E-state index contributed by atoms with van der Waals surface area (Å²) in [5.74, 6) is 0. The molecule has 0 fully saturated rings. The average molecular weight is 367 g/mol. The molecule has 2 aromatic heterocycles. The molecule has 2 heterocycles. The number of aromatic nitrogens is 2. The molecule has 2 N–H and O–H groups in total. The Labute approximate surface area is 134 Å². The van der Waals surface area contributed by atoms with Gasteiger partial charge >= 0.3 is 0 Å². The zero-order chi connectivity index (χ0) is 14.9. The molecule has 0 aliphatic heterocycles. The van der Waals surface area contributed by atoms with Gasteiger partial charge in [0.1, 0.15) is 0 Å². The number of nitrogens with zero attached hydrogens (tertiary/aromatic N) is 2. The molecule has 0 saturated carbocycles. The van der Waals surface area contributed by atoms with Crippen molar-refractivity contribution in [2.24, 2.45) is 0 Å². The fourth-order valence-electron chi connectivity index (χ4n) is 2.47. The van der Waals surface area contributed by atoms with E-state index in [1.54, 1.807) is 11.3 Å². The molecule has 0 aliphatic carbocycles. The molecule has 1 aromatic carbocycles. The second-order valence-corrected chi connectivity index (χ2v) is 6.90. The Balaban J connectivity index is 1.98. The van der Waals surface area contributed by atoms with Crippen molar-refractivity contribution in [2.45, 2.75) is 11.8 Å². The normalized spacial score (nSPS) is 12.1. The van der Waals surface area contributed by atoms with Gasteiger partial charge in [0.25, 0.3) is 0 Å². The fourth-order valence-corrected chi connectivity index (χ4v) is 3.59. The third-order valence-electron chi connectivity index (χ3n) is 3.70. The van der Waals surface area contributed by atoms with E-state index in [0.717, 1.165) is 20.7 Å². The SMILES string of the molecule is OCC(CO)(Cc1cn2ccsc2n1)c1cccc(Br)c1. The number of thiazole rings is 1. The molecule has 4 nitrogen and oxygen atoms in total. The number of aliphatic hydroxyl groups excluding tert-OH is 2. The van der Waals surface area contributed by atoms with Crippen molar-refractivity contribution in [1.82, 2.24) is 9.38 Å². The molecule has 21 heavy (non-hydrogen) atoms. The quantitative estimate of drug-likeness (QED) is 0.729. The van der Waals surface area contributed by atoms with Gasteiger partial charge in [-0.2, -0.15) is 0 Å². The standard InChI is InChI=1S/C15H15BrN2O2S/c16-12-3-1-2-11(6-12)15(9-19,10-20)7-13-8-18-4-5-21-14(18)17-13/h1-6,8,19-20H,7,9-10H2. The van der Waals surface area contributed by atoms with Crippen LogP contribution in [-0.2, 0) is 11.8 Å². The van der Waals surface area contributed by atoms with Crippen molar-refractivity contribution in [3.05, 3.63) is 57.8 Å². The van der Waals surface area contributed by atoms with Crippen LogP contribution >= 0.6 is 27.3 Å². The fraction of sp³-hybridized carbons (Fsp3) is 0.267. The molecule has 0 spiro atoms. The van der Waals surface area contributed by atoms with Crippen LogP contribution in [0.15, 0.2) is 46.5 Å². The number of fused-ring (bicyclic) bond motifs is 1. The highest BCUT2D eigenvalue weighted by Crippen LogP contribution is 2.30. The van der Waals surface area contributed by atoms with Gasteiger partial charge in [-0.1, -0.05) is 28.1 Å². The Kier molecular flexibility index (Phi) is 4.12. The van der Waals surface area contributed by atoms with E-state index in [1.165, 1.54) is 0 Å². The zero-order valence-electron chi connectivity index (χ0n) is 11.2. The summed E-state index contributed by atoms with van der Waals surface area (Å²) in [6.07, 6.45) is 4.39. The molecule has 0 saturated heterocycles. The first-order valence-corrected chi connectivity index (χ1v) is 8.23. The van der Waals surface area contributed by atoms with Gasteiger partial charge in [0.2, 0.25) is 0 Å². The minimum atomic E-state index is -0.728. The predicted molar refractivity (Wildman–Crippen MR) is 86.8 cm³/mol. The van der Waals surface area contributed by atoms with Crippen LogP contribution in [0.25, 0.3) is 4.96 Å². The molecule has 0 atom stereocenters. The minimum Gasteiger partial charge on any atom is -0.395 e.